The first-order valence-electron chi connectivity index (χ1n) is 6.63. The van der Waals surface area contributed by atoms with E-state index in [9.17, 15) is 0 Å². The van der Waals surface area contributed by atoms with Crippen molar-refractivity contribution in [2.45, 2.75) is 6.92 Å². The molecule has 0 radical (unpaired) electrons. The number of aromatic nitrogens is 2. The lowest BCUT2D eigenvalue weighted by Gasteiger charge is -2.07. The van der Waals surface area contributed by atoms with Crippen LogP contribution in [0.5, 0.6) is 0 Å². The summed E-state index contributed by atoms with van der Waals surface area (Å²) in [6.07, 6.45) is 1.77. The molecular formula is C17H14BrN3. The molecule has 1 N–H and O–H groups in total. The molecule has 3 aromatic rings. The van der Waals surface area contributed by atoms with Gasteiger partial charge in [-0.25, -0.2) is 9.97 Å². The third kappa shape index (κ3) is 3.47. The topological polar surface area (TPSA) is 37.8 Å². The summed E-state index contributed by atoms with van der Waals surface area (Å²) in [5.74, 6) is 0.598. The Morgan fingerprint density at radius 2 is 1.81 bits per heavy atom. The molecule has 3 rings (SSSR count). The Labute approximate surface area is 132 Å². The summed E-state index contributed by atoms with van der Waals surface area (Å²) in [7, 11) is 0. The van der Waals surface area contributed by atoms with E-state index in [0.29, 0.717) is 5.95 Å². The standard InChI is InChI=1S/C17H14BrN3/c1-12-3-2-4-15(11-12)20-17-19-10-9-16(21-17)13-5-7-14(18)8-6-13/h2-11H,1H3,(H,19,20,21). The van der Waals surface area contributed by atoms with Crippen LogP contribution in [0.15, 0.2) is 65.3 Å². The summed E-state index contributed by atoms with van der Waals surface area (Å²) in [4.78, 5) is 8.84. The zero-order valence-electron chi connectivity index (χ0n) is 11.5. The highest BCUT2D eigenvalue weighted by molar-refractivity contribution is 9.10. The summed E-state index contributed by atoms with van der Waals surface area (Å²) in [5, 5.41) is 3.23. The lowest BCUT2D eigenvalue weighted by molar-refractivity contribution is 1.17. The Hall–Kier alpha value is -2.20. The summed E-state index contributed by atoms with van der Waals surface area (Å²) in [6.45, 7) is 2.06. The lowest BCUT2D eigenvalue weighted by atomic mass is 10.1. The molecule has 2 aromatic carbocycles. The minimum atomic E-state index is 0.598. The van der Waals surface area contributed by atoms with Gasteiger partial charge in [0.25, 0.3) is 0 Å². The van der Waals surface area contributed by atoms with Crippen LogP contribution in [0.25, 0.3) is 11.3 Å². The van der Waals surface area contributed by atoms with Crippen LogP contribution in [0.3, 0.4) is 0 Å². The van der Waals surface area contributed by atoms with Gasteiger partial charge in [0.1, 0.15) is 0 Å². The number of anilines is 2. The Morgan fingerprint density at radius 3 is 2.57 bits per heavy atom. The van der Waals surface area contributed by atoms with E-state index in [4.69, 9.17) is 0 Å². The van der Waals surface area contributed by atoms with Crippen LogP contribution in [0.2, 0.25) is 0 Å². The van der Waals surface area contributed by atoms with Gasteiger partial charge in [0, 0.05) is 21.9 Å². The largest absolute Gasteiger partial charge is 0.324 e. The van der Waals surface area contributed by atoms with Crippen LogP contribution < -0.4 is 5.32 Å². The minimum Gasteiger partial charge on any atom is -0.324 e. The molecule has 3 nitrogen and oxygen atoms in total. The first-order chi connectivity index (χ1) is 10.2. The molecule has 0 atom stereocenters. The normalized spacial score (nSPS) is 10.4. The number of rotatable bonds is 3. The molecule has 1 heterocycles. The average Bonchev–Trinajstić information content (AvgIpc) is 2.48. The molecule has 21 heavy (non-hydrogen) atoms. The van der Waals surface area contributed by atoms with Crippen molar-refractivity contribution in [2.75, 3.05) is 5.32 Å². The van der Waals surface area contributed by atoms with Crippen LogP contribution in [-0.2, 0) is 0 Å². The van der Waals surface area contributed by atoms with Gasteiger partial charge in [-0.05, 0) is 42.8 Å². The van der Waals surface area contributed by atoms with Crippen molar-refractivity contribution in [2.24, 2.45) is 0 Å². The number of nitrogens with one attached hydrogen (secondary N) is 1. The molecule has 0 aliphatic rings. The number of nitrogens with zero attached hydrogens (tertiary/aromatic N) is 2. The molecule has 1 aromatic heterocycles. The maximum atomic E-state index is 4.56. The van der Waals surface area contributed by atoms with Crippen LogP contribution in [-0.4, -0.2) is 9.97 Å². The van der Waals surface area contributed by atoms with Crippen molar-refractivity contribution in [3.8, 4) is 11.3 Å². The fourth-order valence-corrected chi connectivity index (χ4v) is 2.32. The predicted molar refractivity (Wildman–Crippen MR) is 89.6 cm³/mol. The van der Waals surface area contributed by atoms with Gasteiger partial charge in [0.05, 0.1) is 5.69 Å². The Kier molecular flexibility index (Phi) is 3.97. The van der Waals surface area contributed by atoms with Crippen LogP contribution in [0.4, 0.5) is 11.6 Å². The second-order valence-electron chi connectivity index (χ2n) is 4.77. The molecule has 0 saturated heterocycles. The molecule has 0 aliphatic heterocycles. The molecule has 0 fully saturated rings. The zero-order chi connectivity index (χ0) is 14.7. The second-order valence-corrected chi connectivity index (χ2v) is 5.68. The maximum absolute atomic E-state index is 4.56. The van der Waals surface area contributed by atoms with Crippen molar-refractivity contribution >= 4 is 27.6 Å². The molecular weight excluding hydrogens is 326 g/mol. The molecule has 0 amide bonds. The van der Waals surface area contributed by atoms with E-state index in [1.54, 1.807) is 6.20 Å². The van der Waals surface area contributed by atoms with E-state index in [1.165, 1.54) is 5.56 Å². The van der Waals surface area contributed by atoms with Crippen LogP contribution in [0.1, 0.15) is 5.56 Å². The summed E-state index contributed by atoms with van der Waals surface area (Å²) in [5.41, 5.74) is 4.15. The lowest BCUT2D eigenvalue weighted by Crippen LogP contribution is -1.98. The predicted octanol–water partition coefficient (Wildman–Crippen LogP) is 4.96. The summed E-state index contributed by atoms with van der Waals surface area (Å²) in [6, 6.07) is 18.1. The van der Waals surface area contributed by atoms with Gasteiger partial charge in [0.2, 0.25) is 5.95 Å². The highest BCUT2D eigenvalue weighted by Gasteiger charge is 2.03. The van der Waals surface area contributed by atoms with Gasteiger partial charge in [0.15, 0.2) is 0 Å². The van der Waals surface area contributed by atoms with Gasteiger partial charge in [-0.1, -0.05) is 40.2 Å². The monoisotopic (exact) mass is 339 g/mol. The molecule has 0 saturated carbocycles. The highest BCUT2D eigenvalue weighted by Crippen LogP contribution is 2.21. The summed E-state index contributed by atoms with van der Waals surface area (Å²) < 4.78 is 1.05. The molecule has 4 heteroatoms. The van der Waals surface area contributed by atoms with Crippen molar-refractivity contribution < 1.29 is 0 Å². The fourth-order valence-electron chi connectivity index (χ4n) is 2.05. The first-order valence-corrected chi connectivity index (χ1v) is 7.43. The van der Waals surface area contributed by atoms with Crippen molar-refractivity contribution in [1.82, 2.24) is 9.97 Å². The Balaban J connectivity index is 1.88. The van der Waals surface area contributed by atoms with E-state index in [1.807, 2.05) is 42.5 Å². The van der Waals surface area contributed by atoms with Crippen LogP contribution >= 0.6 is 15.9 Å². The van der Waals surface area contributed by atoms with Gasteiger partial charge in [-0.3, -0.25) is 0 Å². The van der Waals surface area contributed by atoms with Crippen molar-refractivity contribution in [3.63, 3.8) is 0 Å². The minimum absolute atomic E-state index is 0.598. The van der Waals surface area contributed by atoms with E-state index in [2.05, 4.69) is 50.3 Å². The van der Waals surface area contributed by atoms with Gasteiger partial charge in [-0.15, -0.1) is 0 Å². The third-order valence-corrected chi connectivity index (χ3v) is 3.60. The van der Waals surface area contributed by atoms with E-state index < -0.39 is 0 Å². The Bertz CT molecular complexity index is 754. The van der Waals surface area contributed by atoms with Gasteiger partial charge in [-0.2, -0.15) is 0 Å². The molecule has 0 unspecified atom stereocenters. The number of hydrogen-bond acceptors (Lipinski definition) is 3. The average molecular weight is 340 g/mol. The maximum Gasteiger partial charge on any atom is 0.227 e. The van der Waals surface area contributed by atoms with E-state index in [0.717, 1.165) is 21.4 Å². The third-order valence-electron chi connectivity index (χ3n) is 3.07. The fraction of sp³-hybridized carbons (Fsp3) is 0.0588. The number of hydrogen-bond donors (Lipinski definition) is 1. The number of halogens is 1. The van der Waals surface area contributed by atoms with E-state index in [-0.39, 0.29) is 0 Å². The number of aryl methyl sites for hydroxylation is 1. The second kappa shape index (κ2) is 6.06. The molecule has 104 valence electrons. The van der Waals surface area contributed by atoms with E-state index >= 15 is 0 Å². The number of benzene rings is 2. The first kappa shape index (κ1) is 13.8. The highest BCUT2D eigenvalue weighted by atomic mass is 79.9. The van der Waals surface area contributed by atoms with Gasteiger partial charge < -0.3 is 5.32 Å². The molecule has 0 aliphatic carbocycles. The SMILES string of the molecule is Cc1cccc(Nc2nccc(-c3ccc(Br)cc3)n2)c1. The summed E-state index contributed by atoms with van der Waals surface area (Å²) >= 11 is 3.44. The van der Waals surface area contributed by atoms with Crippen LogP contribution in [0, 0.1) is 6.92 Å². The smallest absolute Gasteiger partial charge is 0.227 e. The van der Waals surface area contributed by atoms with Crippen molar-refractivity contribution in [3.05, 3.63) is 70.8 Å². The molecule has 0 spiro atoms. The quantitative estimate of drug-likeness (QED) is 0.732. The van der Waals surface area contributed by atoms with Crippen molar-refractivity contribution in [1.29, 1.82) is 0 Å². The molecule has 0 bridgehead atoms. The Morgan fingerprint density at radius 1 is 1.00 bits per heavy atom. The van der Waals surface area contributed by atoms with Gasteiger partial charge >= 0.3 is 0 Å². The zero-order valence-corrected chi connectivity index (χ0v) is 13.1.